The first-order valence-electron chi connectivity index (χ1n) is 8.19. The molecule has 2 atom stereocenters. The molecule has 2 nitrogen and oxygen atoms in total. The highest BCUT2D eigenvalue weighted by Gasteiger charge is 2.16. The second kappa shape index (κ2) is 6.84. The fourth-order valence-electron chi connectivity index (χ4n) is 3.25. The van der Waals surface area contributed by atoms with Crippen LogP contribution in [0.4, 0.5) is 5.69 Å². The minimum absolute atomic E-state index is 0.00734. The standard InChI is InChI=1S/C21H24N2/c1-15-10-16(12-19(11-15)17-6-3-2-4-7-17)13-21(23)18-8-5-9-20(22)14-18/h2-9,11-12,14-15,21H,10,13,22-23H2,1H3/t15?,21-/m1/s1. The van der Waals surface area contributed by atoms with Gasteiger partial charge in [0.25, 0.3) is 0 Å². The van der Waals surface area contributed by atoms with Crippen molar-refractivity contribution in [1.82, 2.24) is 0 Å². The summed E-state index contributed by atoms with van der Waals surface area (Å²) in [6, 6.07) is 18.4. The van der Waals surface area contributed by atoms with E-state index in [1.807, 2.05) is 18.2 Å². The SMILES string of the molecule is CC1C=C(c2ccccc2)C=C(C[C@@H](N)c2cccc(N)c2)C1. The summed E-state index contributed by atoms with van der Waals surface area (Å²) < 4.78 is 0. The van der Waals surface area contributed by atoms with Crippen molar-refractivity contribution in [2.24, 2.45) is 11.7 Å². The van der Waals surface area contributed by atoms with Crippen LogP contribution < -0.4 is 11.5 Å². The highest BCUT2D eigenvalue weighted by atomic mass is 14.6. The van der Waals surface area contributed by atoms with E-state index in [9.17, 15) is 0 Å². The molecule has 2 aromatic rings. The van der Waals surface area contributed by atoms with Crippen LogP contribution in [0.3, 0.4) is 0 Å². The largest absolute Gasteiger partial charge is 0.399 e. The lowest BCUT2D eigenvalue weighted by molar-refractivity contribution is 0.633. The Morgan fingerprint density at radius 3 is 2.61 bits per heavy atom. The number of hydrogen-bond acceptors (Lipinski definition) is 2. The van der Waals surface area contributed by atoms with Gasteiger partial charge in [0.15, 0.2) is 0 Å². The van der Waals surface area contributed by atoms with Gasteiger partial charge in [-0.25, -0.2) is 0 Å². The molecule has 2 aromatic carbocycles. The van der Waals surface area contributed by atoms with Crippen LogP contribution in [-0.4, -0.2) is 0 Å². The predicted octanol–water partition coefficient (Wildman–Crippen LogP) is 4.71. The first-order chi connectivity index (χ1) is 11.1. The number of nitrogens with two attached hydrogens (primary N) is 2. The zero-order chi connectivity index (χ0) is 16.2. The van der Waals surface area contributed by atoms with Crippen molar-refractivity contribution >= 4 is 11.3 Å². The molecule has 0 amide bonds. The smallest absolute Gasteiger partial charge is 0.0333 e. The first-order valence-corrected chi connectivity index (χ1v) is 8.19. The molecule has 1 aliphatic rings. The second-order valence-corrected chi connectivity index (χ2v) is 6.45. The Labute approximate surface area is 138 Å². The van der Waals surface area contributed by atoms with Gasteiger partial charge in [-0.15, -0.1) is 0 Å². The molecule has 0 saturated carbocycles. The van der Waals surface area contributed by atoms with Crippen molar-refractivity contribution in [1.29, 1.82) is 0 Å². The fourth-order valence-corrected chi connectivity index (χ4v) is 3.25. The third kappa shape index (κ3) is 3.91. The van der Waals surface area contributed by atoms with Crippen LogP contribution in [0.5, 0.6) is 0 Å². The summed E-state index contributed by atoms with van der Waals surface area (Å²) in [5, 5.41) is 0. The average molecular weight is 304 g/mol. The number of rotatable bonds is 4. The molecule has 118 valence electrons. The summed E-state index contributed by atoms with van der Waals surface area (Å²) >= 11 is 0. The zero-order valence-electron chi connectivity index (χ0n) is 13.6. The van der Waals surface area contributed by atoms with Crippen molar-refractivity contribution in [3.05, 3.63) is 83.4 Å². The Bertz CT molecular complexity index is 729. The van der Waals surface area contributed by atoms with Gasteiger partial charge in [-0.2, -0.15) is 0 Å². The summed E-state index contributed by atoms with van der Waals surface area (Å²) in [7, 11) is 0. The fraction of sp³-hybridized carbons (Fsp3) is 0.238. The Morgan fingerprint density at radius 1 is 1.09 bits per heavy atom. The monoisotopic (exact) mass is 304 g/mol. The lowest BCUT2D eigenvalue weighted by atomic mass is 9.85. The molecule has 3 rings (SSSR count). The summed E-state index contributed by atoms with van der Waals surface area (Å²) in [4.78, 5) is 0. The van der Waals surface area contributed by atoms with E-state index in [0.29, 0.717) is 5.92 Å². The van der Waals surface area contributed by atoms with E-state index in [1.165, 1.54) is 16.7 Å². The van der Waals surface area contributed by atoms with Crippen LogP contribution in [-0.2, 0) is 0 Å². The maximum absolute atomic E-state index is 6.41. The van der Waals surface area contributed by atoms with E-state index in [4.69, 9.17) is 11.5 Å². The quantitative estimate of drug-likeness (QED) is 0.804. The summed E-state index contributed by atoms with van der Waals surface area (Å²) in [5.41, 5.74) is 18.1. The molecule has 1 aliphatic carbocycles. The van der Waals surface area contributed by atoms with Gasteiger partial charge in [-0.3, -0.25) is 0 Å². The summed E-state index contributed by atoms with van der Waals surface area (Å²) in [6.45, 7) is 2.27. The van der Waals surface area contributed by atoms with E-state index in [-0.39, 0.29) is 6.04 Å². The second-order valence-electron chi connectivity index (χ2n) is 6.45. The van der Waals surface area contributed by atoms with Crippen molar-refractivity contribution in [3.63, 3.8) is 0 Å². The lowest BCUT2D eigenvalue weighted by Crippen LogP contribution is -2.13. The third-order valence-electron chi connectivity index (χ3n) is 4.34. The Hall–Kier alpha value is -2.32. The molecule has 0 radical (unpaired) electrons. The van der Waals surface area contributed by atoms with E-state index in [2.05, 4.69) is 55.5 Å². The lowest BCUT2D eigenvalue weighted by Gasteiger charge is -2.22. The number of nitrogen functional groups attached to an aromatic ring is 1. The molecule has 1 unspecified atom stereocenters. The van der Waals surface area contributed by atoms with Crippen LogP contribution in [0, 0.1) is 5.92 Å². The highest BCUT2D eigenvalue weighted by molar-refractivity contribution is 5.76. The maximum Gasteiger partial charge on any atom is 0.0333 e. The highest BCUT2D eigenvalue weighted by Crippen LogP contribution is 2.33. The Kier molecular flexibility index (Phi) is 4.63. The summed E-state index contributed by atoms with van der Waals surface area (Å²) in [6.07, 6.45) is 6.61. The molecule has 2 heteroatoms. The first kappa shape index (κ1) is 15.6. The van der Waals surface area contributed by atoms with Crippen molar-refractivity contribution in [2.75, 3.05) is 5.73 Å². The molecular weight excluding hydrogens is 280 g/mol. The molecule has 0 heterocycles. The van der Waals surface area contributed by atoms with E-state index >= 15 is 0 Å². The molecule has 23 heavy (non-hydrogen) atoms. The number of benzene rings is 2. The maximum atomic E-state index is 6.41. The molecule has 0 fully saturated rings. The zero-order valence-corrected chi connectivity index (χ0v) is 13.6. The van der Waals surface area contributed by atoms with Gasteiger partial charge in [-0.05, 0) is 47.6 Å². The van der Waals surface area contributed by atoms with Crippen LogP contribution in [0.1, 0.15) is 36.9 Å². The molecule has 0 saturated heterocycles. The summed E-state index contributed by atoms with van der Waals surface area (Å²) in [5.74, 6) is 0.540. The van der Waals surface area contributed by atoms with Gasteiger partial charge < -0.3 is 11.5 Å². The molecule has 0 aliphatic heterocycles. The molecule has 0 spiro atoms. The van der Waals surface area contributed by atoms with Crippen molar-refractivity contribution < 1.29 is 0 Å². The molecular formula is C21H24N2. The molecule has 0 aromatic heterocycles. The Balaban J connectivity index is 1.80. The Morgan fingerprint density at radius 2 is 1.87 bits per heavy atom. The van der Waals surface area contributed by atoms with Gasteiger partial charge in [0.1, 0.15) is 0 Å². The van der Waals surface area contributed by atoms with E-state index in [1.54, 1.807) is 0 Å². The average Bonchev–Trinajstić information content (AvgIpc) is 2.55. The van der Waals surface area contributed by atoms with Gasteiger partial charge in [-0.1, -0.05) is 67.1 Å². The van der Waals surface area contributed by atoms with Crippen LogP contribution in [0.25, 0.3) is 5.57 Å². The normalized spacial score (nSPS) is 19.0. The van der Waals surface area contributed by atoms with Gasteiger partial charge in [0.2, 0.25) is 0 Å². The molecule has 0 bridgehead atoms. The van der Waals surface area contributed by atoms with Crippen molar-refractivity contribution in [2.45, 2.75) is 25.8 Å². The number of allylic oxidation sites excluding steroid dienone is 3. The van der Waals surface area contributed by atoms with Gasteiger partial charge in [0, 0.05) is 11.7 Å². The minimum atomic E-state index is -0.00734. The van der Waals surface area contributed by atoms with E-state index in [0.717, 1.165) is 24.1 Å². The molecule has 4 N–H and O–H groups in total. The topological polar surface area (TPSA) is 52.0 Å². The van der Waals surface area contributed by atoms with E-state index < -0.39 is 0 Å². The van der Waals surface area contributed by atoms with Crippen molar-refractivity contribution in [3.8, 4) is 0 Å². The minimum Gasteiger partial charge on any atom is -0.399 e. The van der Waals surface area contributed by atoms with Gasteiger partial charge in [0.05, 0.1) is 0 Å². The van der Waals surface area contributed by atoms with Crippen LogP contribution >= 0.6 is 0 Å². The van der Waals surface area contributed by atoms with Gasteiger partial charge >= 0.3 is 0 Å². The number of anilines is 1. The number of hydrogen-bond donors (Lipinski definition) is 2. The van der Waals surface area contributed by atoms with Crippen LogP contribution in [0.2, 0.25) is 0 Å². The third-order valence-corrected chi connectivity index (χ3v) is 4.34. The van der Waals surface area contributed by atoms with Crippen LogP contribution in [0.15, 0.2) is 72.3 Å². The predicted molar refractivity (Wildman–Crippen MR) is 98.7 cm³/mol.